The summed E-state index contributed by atoms with van der Waals surface area (Å²) in [4.78, 5) is 15.5. The van der Waals surface area contributed by atoms with Gasteiger partial charge in [-0.05, 0) is 97.3 Å². The average molecular weight is 606 g/mol. The van der Waals surface area contributed by atoms with Crippen LogP contribution in [0.1, 0.15) is 48.4 Å². The molecule has 5 aromatic rings. The van der Waals surface area contributed by atoms with Gasteiger partial charge in [0, 0.05) is 36.4 Å². The maximum absolute atomic E-state index is 13.6. The molecule has 0 bridgehead atoms. The van der Waals surface area contributed by atoms with E-state index in [1.807, 2.05) is 40.0 Å². The van der Waals surface area contributed by atoms with E-state index < -0.39 is 0 Å². The lowest BCUT2D eigenvalue weighted by molar-refractivity contribution is -0.130. The molecule has 1 aromatic heterocycles. The van der Waals surface area contributed by atoms with Crippen LogP contribution in [0.5, 0.6) is 11.5 Å². The third-order valence-electron chi connectivity index (χ3n) is 9.09. The first-order valence-corrected chi connectivity index (χ1v) is 15.8. The Kier molecular flexibility index (Phi) is 8.87. The van der Waals surface area contributed by atoms with Crippen molar-refractivity contribution in [2.24, 2.45) is 0 Å². The van der Waals surface area contributed by atoms with Crippen LogP contribution < -0.4 is 9.47 Å². The summed E-state index contributed by atoms with van der Waals surface area (Å²) in [5, 5.41) is 5.67. The van der Waals surface area contributed by atoms with Crippen LogP contribution in [-0.2, 0) is 23.1 Å². The van der Waals surface area contributed by atoms with Gasteiger partial charge in [0.2, 0.25) is 5.91 Å². The quantitative estimate of drug-likeness (QED) is 0.145. The Morgan fingerprint density at radius 1 is 1.02 bits per heavy atom. The van der Waals surface area contributed by atoms with Crippen LogP contribution in [0.15, 0.2) is 91.1 Å². The van der Waals surface area contributed by atoms with E-state index in [9.17, 15) is 9.18 Å². The summed E-state index contributed by atoms with van der Waals surface area (Å²) in [7, 11) is 1.67. The van der Waals surface area contributed by atoms with E-state index in [1.54, 1.807) is 19.2 Å². The fraction of sp³-hybridized carbons (Fsp3) is 0.316. The Morgan fingerprint density at radius 2 is 1.82 bits per heavy atom. The number of aromatic nitrogens is 2. The van der Waals surface area contributed by atoms with Crippen LogP contribution in [0.2, 0.25) is 0 Å². The number of carbonyl (C=O) groups is 1. The van der Waals surface area contributed by atoms with Gasteiger partial charge in [0.15, 0.2) is 0 Å². The molecule has 232 valence electrons. The Bertz CT molecular complexity index is 1780. The molecule has 1 amide bonds. The van der Waals surface area contributed by atoms with E-state index in [-0.39, 0.29) is 17.1 Å². The predicted octanol–water partition coefficient (Wildman–Crippen LogP) is 7.62. The molecular formula is C38H40FN3O3. The molecule has 45 heavy (non-hydrogen) atoms. The van der Waals surface area contributed by atoms with Crippen molar-refractivity contribution in [1.29, 1.82) is 0 Å². The molecule has 1 atom stereocenters. The number of methoxy groups -OCH3 is 1. The van der Waals surface area contributed by atoms with E-state index in [1.165, 1.54) is 23.3 Å². The zero-order valence-electron chi connectivity index (χ0n) is 26.3. The summed E-state index contributed by atoms with van der Waals surface area (Å²) in [6.45, 7) is 6.09. The van der Waals surface area contributed by atoms with Gasteiger partial charge in [-0.3, -0.25) is 4.79 Å². The van der Waals surface area contributed by atoms with Crippen LogP contribution in [0.3, 0.4) is 0 Å². The predicted molar refractivity (Wildman–Crippen MR) is 176 cm³/mol. The van der Waals surface area contributed by atoms with Crippen molar-refractivity contribution in [2.75, 3.05) is 26.8 Å². The lowest BCUT2D eigenvalue weighted by atomic mass is 9.73. The molecule has 7 heteroatoms. The van der Waals surface area contributed by atoms with Crippen molar-refractivity contribution < 1.29 is 18.7 Å². The number of halogens is 1. The van der Waals surface area contributed by atoms with Crippen molar-refractivity contribution in [3.63, 3.8) is 0 Å². The van der Waals surface area contributed by atoms with Crippen LogP contribution in [-0.4, -0.2) is 47.4 Å². The summed E-state index contributed by atoms with van der Waals surface area (Å²) >= 11 is 0. The summed E-state index contributed by atoms with van der Waals surface area (Å²) in [5.41, 5.74) is 6.38. The van der Waals surface area contributed by atoms with Crippen LogP contribution in [0.4, 0.5) is 4.39 Å². The molecule has 0 spiro atoms. The minimum atomic E-state index is -0.272. The highest BCUT2D eigenvalue weighted by molar-refractivity contribution is 5.83. The number of likely N-dealkylation sites (tertiary alicyclic amines) is 1. The lowest BCUT2D eigenvalue weighted by Crippen LogP contribution is -2.36. The van der Waals surface area contributed by atoms with E-state index >= 15 is 0 Å². The molecule has 6 nitrogen and oxygen atoms in total. The third kappa shape index (κ3) is 6.44. The van der Waals surface area contributed by atoms with Gasteiger partial charge in [-0.1, -0.05) is 43.3 Å². The van der Waals surface area contributed by atoms with Crippen molar-refractivity contribution in [3.05, 3.63) is 119 Å². The monoisotopic (exact) mass is 605 g/mol. The first kappa shape index (κ1) is 30.4. The zero-order chi connectivity index (χ0) is 31.4. The second-order valence-electron chi connectivity index (χ2n) is 12.0. The molecule has 1 aliphatic heterocycles. The van der Waals surface area contributed by atoms with Crippen molar-refractivity contribution >= 4 is 16.8 Å². The third-order valence-corrected chi connectivity index (χ3v) is 9.09. The van der Waals surface area contributed by atoms with Gasteiger partial charge in [0.25, 0.3) is 0 Å². The SMILES string of the molecule is CCc1ccc(OCCCC(=O)N2CCC(Cc3ccccc3)(c3cc4cnn(-c5ccc(F)cc5)c4cc3C)C2)cc1OC. The summed E-state index contributed by atoms with van der Waals surface area (Å²) in [6.07, 6.45) is 5.58. The fourth-order valence-electron chi connectivity index (χ4n) is 6.75. The van der Waals surface area contributed by atoms with Crippen molar-refractivity contribution in [2.45, 2.75) is 51.4 Å². The molecule has 6 rings (SSSR count). The lowest BCUT2D eigenvalue weighted by Gasteiger charge is -2.32. The number of fused-ring (bicyclic) bond motifs is 1. The van der Waals surface area contributed by atoms with Crippen molar-refractivity contribution in [3.8, 4) is 17.2 Å². The number of nitrogens with zero attached hydrogens (tertiary/aromatic N) is 3. The van der Waals surface area contributed by atoms with Crippen molar-refractivity contribution in [1.82, 2.24) is 14.7 Å². The average Bonchev–Trinajstić information content (AvgIpc) is 3.68. The highest BCUT2D eigenvalue weighted by Crippen LogP contribution is 2.41. The maximum Gasteiger partial charge on any atom is 0.222 e. The molecule has 1 saturated heterocycles. The molecule has 1 unspecified atom stereocenters. The Hall–Kier alpha value is -4.65. The van der Waals surface area contributed by atoms with Crippen LogP contribution >= 0.6 is 0 Å². The smallest absolute Gasteiger partial charge is 0.222 e. The summed E-state index contributed by atoms with van der Waals surface area (Å²) in [5.74, 6) is 1.48. The number of hydrogen-bond acceptors (Lipinski definition) is 4. The number of rotatable bonds is 11. The van der Waals surface area contributed by atoms with Gasteiger partial charge >= 0.3 is 0 Å². The molecule has 2 heterocycles. The normalized spacial score (nSPS) is 16.3. The molecular weight excluding hydrogens is 565 g/mol. The van der Waals surface area contributed by atoms with Crippen LogP contribution in [0, 0.1) is 12.7 Å². The van der Waals surface area contributed by atoms with E-state index in [0.717, 1.165) is 58.5 Å². The molecule has 0 N–H and O–H groups in total. The molecule has 0 radical (unpaired) electrons. The van der Waals surface area contributed by atoms with Gasteiger partial charge in [-0.15, -0.1) is 0 Å². The number of amides is 1. The van der Waals surface area contributed by atoms with E-state index in [4.69, 9.17) is 9.47 Å². The Labute approximate surface area is 264 Å². The maximum atomic E-state index is 13.6. The topological polar surface area (TPSA) is 56.6 Å². The standard InChI is InChI=1S/C38H40FN3O3/c1-4-29-12-17-33(23-36(29)44-3)45-20-8-11-37(43)41-19-18-38(26-41,24-28-9-6-5-7-10-28)34-22-30-25-40-42(35(30)21-27(34)2)32-15-13-31(39)14-16-32/h5-7,9-10,12-17,21-23,25H,4,8,11,18-20,24,26H2,1-3H3. The number of carbonyl (C=O) groups excluding carboxylic acids is 1. The van der Waals surface area contributed by atoms with Gasteiger partial charge in [0.1, 0.15) is 17.3 Å². The van der Waals surface area contributed by atoms with Crippen LogP contribution in [0.25, 0.3) is 16.6 Å². The second-order valence-corrected chi connectivity index (χ2v) is 12.0. The fourth-order valence-corrected chi connectivity index (χ4v) is 6.75. The second kappa shape index (κ2) is 13.1. The number of ether oxygens (including phenoxy) is 2. The largest absolute Gasteiger partial charge is 0.496 e. The highest BCUT2D eigenvalue weighted by Gasteiger charge is 2.42. The minimum Gasteiger partial charge on any atom is -0.496 e. The summed E-state index contributed by atoms with van der Waals surface area (Å²) in [6, 6.07) is 27.3. The van der Waals surface area contributed by atoms with E-state index in [2.05, 4.69) is 55.3 Å². The Morgan fingerprint density at radius 3 is 2.58 bits per heavy atom. The highest BCUT2D eigenvalue weighted by atomic mass is 19.1. The molecule has 1 fully saturated rings. The number of hydrogen-bond donors (Lipinski definition) is 0. The van der Waals surface area contributed by atoms with E-state index in [0.29, 0.717) is 32.5 Å². The van der Waals surface area contributed by atoms with Gasteiger partial charge in [-0.2, -0.15) is 5.10 Å². The molecule has 0 saturated carbocycles. The summed E-state index contributed by atoms with van der Waals surface area (Å²) < 4.78 is 26.9. The Balaban J connectivity index is 1.19. The number of aryl methyl sites for hydroxylation is 2. The minimum absolute atomic E-state index is 0.162. The first-order chi connectivity index (χ1) is 21.9. The number of benzene rings is 4. The molecule has 0 aliphatic carbocycles. The molecule has 1 aliphatic rings. The van der Waals surface area contributed by atoms with Gasteiger partial charge < -0.3 is 14.4 Å². The molecule has 4 aromatic carbocycles. The van der Waals surface area contributed by atoms with Gasteiger partial charge in [-0.25, -0.2) is 9.07 Å². The first-order valence-electron chi connectivity index (χ1n) is 15.8. The zero-order valence-corrected chi connectivity index (χ0v) is 26.3. The van der Waals surface area contributed by atoms with Gasteiger partial charge in [0.05, 0.1) is 31.1 Å².